The lowest BCUT2D eigenvalue weighted by atomic mass is 10.0. The average molecular weight is 282 g/mol. The van der Waals surface area contributed by atoms with Gasteiger partial charge < -0.3 is 10.5 Å². The zero-order valence-corrected chi connectivity index (χ0v) is 12.5. The number of aromatic nitrogens is 3. The molecule has 1 aliphatic rings. The van der Waals surface area contributed by atoms with Crippen molar-refractivity contribution in [2.45, 2.75) is 33.6 Å². The minimum Gasteiger partial charge on any atom is -0.455 e. The van der Waals surface area contributed by atoms with Crippen LogP contribution in [-0.2, 0) is 12.8 Å². The number of hydrogen-bond acceptors (Lipinski definition) is 5. The van der Waals surface area contributed by atoms with Crippen molar-refractivity contribution >= 4 is 11.6 Å². The highest BCUT2D eigenvalue weighted by Gasteiger charge is 2.20. The lowest BCUT2D eigenvalue weighted by molar-refractivity contribution is 0.494. The standard InChI is InChI=1S/C16H18N4O/c1-4-12-7-11-5-6-13(21-14(11)8-18-12)15-9(2)19-10(3)20-16(15)17/h6-8H,4-5H2,1-3H3,(H2,17,19,20). The molecular weight excluding hydrogens is 264 g/mol. The molecule has 0 bridgehead atoms. The molecule has 0 saturated heterocycles. The first kappa shape index (κ1) is 13.5. The molecule has 21 heavy (non-hydrogen) atoms. The molecule has 3 rings (SSSR count). The molecule has 108 valence electrons. The second-order valence-corrected chi connectivity index (χ2v) is 5.13. The van der Waals surface area contributed by atoms with Crippen LogP contribution in [0.2, 0.25) is 0 Å². The van der Waals surface area contributed by atoms with Gasteiger partial charge in [-0.3, -0.25) is 4.98 Å². The van der Waals surface area contributed by atoms with Crippen molar-refractivity contribution in [2.24, 2.45) is 0 Å². The second-order valence-electron chi connectivity index (χ2n) is 5.13. The average Bonchev–Trinajstić information content (AvgIpc) is 2.45. The van der Waals surface area contributed by atoms with Crippen LogP contribution in [0.1, 0.15) is 35.3 Å². The highest BCUT2D eigenvalue weighted by Crippen LogP contribution is 2.33. The van der Waals surface area contributed by atoms with Gasteiger partial charge in [-0.15, -0.1) is 0 Å². The van der Waals surface area contributed by atoms with Gasteiger partial charge in [0.05, 0.1) is 17.5 Å². The normalized spacial score (nSPS) is 13.4. The lowest BCUT2D eigenvalue weighted by Crippen LogP contribution is -2.11. The van der Waals surface area contributed by atoms with Crippen molar-refractivity contribution in [2.75, 3.05) is 5.73 Å². The minimum absolute atomic E-state index is 0.452. The number of allylic oxidation sites excluding steroid dienone is 1. The van der Waals surface area contributed by atoms with Crippen LogP contribution in [-0.4, -0.2) is 15.0 Å². The van der Waals surface area contributed by atoms with Gasteiger partial charge in [-0.25, -0.2) is 9.97 Å². The summed E-state index contributed by atoms with van der Waals surface area (Å²) in [6.45, 7) is 5.83. The molecule has 2 N–H and O–H groups in total. The topological polar surface area (TPSA) is 73.9 Å². The number of aryl methyl sites for hydroxylation is 3. The van der Waals surface area contributed by atoms with Gasteiger partial charge in [-0.1, -0.05) is 6.92 Å². The number of fused-ring (bicyclic) bond motifs is 1. The first-order valence-corrected chi connectivity index (χ1v) is 7.05. The van der Waals surface area contributed by atoms with Crippen molar-refractivity contribution in [1.82, 2.24) is 15.0 Å². The van der Waals surface area contributed by atoms with E-state index in [1.807, 2.05) is 19.9 Å². The number of anilines is 1. The Kier molecular flexibility index (Phi) is 3.33. The van der Waals surface area contributed by atoms with E-state index in [1.54, 1.807) is 6.20 Å². The molecular formula is C16H18N4O. The summed E-state index contributed by atoms with van der Waals surface area (Å²) in [4.78, 5) is 13.0. The number of nitrogens with two attached hydrogens (primary N) is 1. The monoisotopic (exact) mass is 282 g/mol. The molecule has 0 atom stereocenters. The quantitative estimate of drug-likeness (QED) is 0.916. The minimum atomic E-state index is 0.452. The molecule has 2 aromatic heterocycles. The third-order valence-electron chi connectivity index (χ3n) is 3.57. The lowest BCUT2D eigenvalue weighted by Gasteiger charge is -2.20. The fourth-order valence-corrected chi connectivity index (χ4v) is 2.54. The van der Waals surface area contributed by atoms with Gasteiger partial charge in [0.15, 0.2) is 0 Å². The highest BCUT2D eigenvalue weighted by molar-refractivity contribution is 5.73. The molecule has 0 amide bonds. The smallest absolute Gasteiger partial charge is 0.149 e. The number of ether oxygens (including phenoxy) is 1. The molecule has 0 spiro atoms. The van der Waals surface area contributed by atoms with Crippen LogP contribution >= 0.6 is 0 Å². The van der Waals surface area contributed by atoms with Crippen molar-refractivity contribution in [1.29, 1.82) is 0 Å². The number of rotatable bonds is 2. The number of pyridine rings is 1. The van der Waals surface area contributed by atoms with E-state index < -0.39 is 0 Å². The number of hydrogen-bond donors (Lipinski definition) is 1. The molecule has 0 unspecified atom stereocenters. The van der Waals surface area contributed by atoms with Crippen molar-refractivity contribution in [3.63, 3.8) is 0 Å². The largest absolute Gasteiger partial charge is 0.455 e. The van der Waals surface area contributed by atoms with E-state index >= 15 is 0 Å². The predicted molar refractivity (Wildman–Crippen MR) is 81.8 cm³/mol. The Morgan fingerprint density at radius 3 is 2.81 bits per heavy atom. The van der Waals surface area contributed by atoms with E-state index in [2.05, 4.69) is 27.9 Å². The summed E-state index contributed by atoms with van der Waals surface area (Å²) < 4.78 is 5.96. The SMILES string of the molecule is CCc1cc2c(cn1)OC(c1c(C)nc(C)nc1N)=CC2. The van der Waals surface area contributed by atoms with E-state index in [0.717, 1.165) is 41.1 Å². The summed E-state index contributed by atoms with van der Waals surface area (Å²) in [5, 5.41) is 0. The summed E-state index contributed by atoms with van der Waals surface area (Å²) >= 11 is 0. The van der Waals surface area contributed by atoms with Crippen LogP contribution in [0.3, 0.4) is 0 Å². The first-order valence-electron chi connectivity index (χ1n) is 7.05. The Morgan fingerprint density at radius 1 is 1.29 bits per heavy atom. The van der Waals surface area contributed by atoms with Crippen LogP contribution in [0.5, 0.6) is 5.75 Å². The molecule has 0 fully saturated rings. The van der Waals surface area contributed by atoms with E-state index in [-0.39, 0.29) is 0 Å². The molecule has 2 aromatic rings. The van der Waals surface area contributed by atoms with Crippen LogP contribution in [0.15, 0.2) is 18.3 Å². The number of nitrogens with zero attached hydrogens (tertiary/aromatic N) is 3. The zero-order chi connectivity index (χ0) is 15.0. The van der Waals surface area contributed by atoms with E-state index in [0.29, 0.717) is 17.4 Å². The molecule has 5 nitrogen and oxygen atoms in total. The predicted octanol–water partition coefficient (Wildman–Crippen LogP) is 2.61. The summed E-state index contributed by atoms with van der Waals surface area (Å²) in [6.07, 6.45) is 5.52. The molecule has 0 aliphatic carbocycles. The third-order valence-corrected chi connectivity index (χ3v) is 3.57. The molecule has 0 aromatic carbocycles. The van der Waals surface area contributed by atoms with Crippen LogP contribution in [0, 0.1) is 13.8 Å². The van der Waals surface area contributed by atoms with Gasteiger partial charge in [0.2, 0.25) is 0 Å². The van der Waals surface area contributed by atoms with E-state index in [1.165, 1.54) is 0 Å². The first-order chi connectivity index (χ1) is 10.1. The van der Waals surface area contributed by atoms with Crippen molar-refractivity contribution in [3.05, 3.63) is 46.7 Å². The maximum absolute atomic E-state index is 6.03. The highest BCUT2D eigenvalue weighted by atomic mass is 16.5. The molecule has 0 radical (unpaired) electrons. The Balaban J connectivity index is 1.99. The summed E-state index contributed by atoms with van der Waals surface area (Å²) in [5.41, 5.74) is 9.85. The van der Waals surface area contributed by atoms with Crippen LogP contribution in [0.25, 0.3) is 5.76 Å². The van der Waals surface area contributed by atoms with Crippen LogP contribution < -0.4 is 10.5 Å². The number of nitrogen functional groups attached to an aromatic ring is 1. The summed E-state index contributed by atoms with van der Waals surface area (Å²) in [7, 11) is 0. The Morgan fingerprint density at radius 2 is 2.10 bits per heavy atom. The van der Waals surface area contributed by atoms with E-state index in [9.17, 15) is 0 Å². The maximum Gasteiger partial charge on any atom is 0.149 e. The fraction of sp³-hybridized carbons (Fsp3) is 0.312. The summed E-state index contributed by atoms with van der Waals surface area (Å²) in [6, 6.07) is 2.09. The summed E-state index contributed by atoms with van der Waals surface area (Å²) in [5.74, 6) is 2.61. The van der Waals surface area contributed by atoms with Crippen molar-refractivity contribution in [3.8, 4) is 5.75 Å². The van der Waals surface area contributed by atoms with Gasteiger partial charge in [0.25, 0.3) is 0 Å². The third kappa shape index (κ3) is 2.46. The van der Waals surface area contributed by atoms with Gasteiger partial charge in [0.1, 0.15) is 23.2 Å². The van der Waals surface area contributed by atoms with Crippen molar-refractivity contribution < 1.29 is 4.74 Å². The van der Waals surface area contributed by atoms with E-state index in [4.69, 9.17) is 10.5 Å². The van der Waals surface area contributed by atoms with Gasteiger partial charge in [-0.05, 0) is 38.8 Å². The zero-order valence-electron chi connectivity index (χ0n) is 12.5. The molecule has 0 saturated carbocycles. The second kappa shape index (κ2) is 5.16. The molecule has 1 aliphatic heterocycles. The van der Waals surface area contributed by atoms with Gasteiger partial charge in [0, 0.05) is 11.3 Å². The molecule has 5 heteroatoms. The Bertz CT molecular complexity index is 714. The fourth-order valence-electron chi connectivity index (χ4n) is 2.54. The van der Waals surface area contributed by atoms with Crippen LogP contribution in [0.4, 0.5) is 5.82 Å². The van der Waals surface area contributed by atoms with Gasteiger partial charge >= 0.3 is 0 Å². The maximum atomic E-state index is 6.03. The Labute approximate surface area is 123 Å². The Hall–Kier alpha value is -2.43. The molecule has 3 heterocycles. The van der Waals surface area contributed by atoms with Gasteiger partial charge in [-0.2, -0.15) is 0 Å².